The number of fused-ring (bicyclic) bond motifs is 1. The van der Waals surface area contributed by atoms with E-state index in [4.69, 9.17) is 0 Å². The van der Waals surface area contributed by atoms with Crippen LogP contribution in [0, 0.1) is 5.41 Å². The van der Waals surface area contributed by atoms with Gasteiger partial charge in [0, 0.05) is 29.6 Å². The molecule has 0 spiro atoms. The first-order valence-corrected chi connectivity index (χ1v) is 11.6. The van der Waals surface area contributed by atoms with Gasteiger partial charge in [-0.3, -0.25) is 9.59 Å². The topological polar surface area (TPSA) is 74.6 Å². The van der Waals surface area contributed by atoms with Crippen molar-refractivity contribution in [3.8, 4) is 5.69 Å². The van der Waals surface area contributed by atoms with E-state index in [1.807, 2.05) is 93.8 Å². The van der Waals surface area contributed by atoms with Crippen molar-refractivity contribution in [3.05, 3.63) is 65.9 Å². The molecule has 0 aliphatic carbocycles. The third-order valence-corrected chi connectivity index (χ3v) is 5.87. The molecule has 1 unspecified atom stereocenters. The summed E-state index contributed by atoms with van der Waals surface area (Å²) in [6, 6.07) is 17.2. The first kappa shape index (κ1) is 27.6. The molecule has 1 amide bonds. The van der Waals surface area contributed by atoms with Crippen LogP contribution >= 0.6 is 12.4 Å². The summed E-state index contributed by atoms with van der Waals surface area (Å²) in [5, 5.41) is 14.1. The number of rotatable bonds is 9. The van der Waals surface area contributed by atoms with Gasteiger partial charge in [0.15, 0.2) is 5.78 Å². The number of amides is 1. The second kappa shape index (κ2) is 11.6. The number of aliphatic hydroxyl groups is 1. The minimum absolute atomic E-state index is 0. The molecule has 1 heterocycles. The first-order valence-electron chi connectivity index (χ1n) is 11.6. The van der Waals surface area contributed by atoms with Crippen LogP contribution in [-0.2, 0) is 0 Å². The van der Waals surface area contributed by atoms with Gasteiger partial charge in [-0.1, -0.05) is 71.0 Å². The summed E-state index contributed by atoms with van der Waals surface area (Å²) >= 11 is 0. The van der Waals surface area contributed by atoms with Gasteiger partial charge >= 0.3 is 0 Å². The van der Waals surface area contributed by atoms with Crippen LogP contribution in [0.1, 0.15) is 55.5 Å². The Labute approximate surface area is 208 Å². The molecule has 6 nitrogen and oxygen atoms in total. The molecule has 2 aromatic carbocycles. The standard InChI is InChI=1S/C27H35N3O3.ClH/c1-6-29(7-2)18-20(31)17-28-26(33)24-23(25(32)27(3,4)5)21-15-11-12-16-22(21)30(24)19-13-9-8-10-14-19;/h8-16,20,31H,6-7,17-18H2,1-5H3,(H,28,33);1H. The molecule has 0 saturated heterocycles. The first-order chi connectivity index (χ1) is 15.7. The second-order valence-corrected chi connectivity index (χ2v) is 9.34. The smallest absolute Gasteiger partial charge is 0.269 e. The second-order valence-electron chi connectivity index (χ2n) is 9.34. The van der Waals surface area contributed by atoms with Gasteiger partial charge in [0.1, 0.15) is 5.69 Å². The molecule has 0 aliphatic rings. The van der Waals surface area contributed by atoms with Crippen LogP contribution in [0.2, 0.25) is 0 Å². The Morgan fingerprint density at radius 1 is 1.00 bits per heavy atom. The van der Waals surface area contributed by atoms with Gasteiger partial charge in [0.25, 0.3) is 5.91 Å². The van der Waals surface area contributed by atoms with Gasteiger partial charge in [-0.05, 0) is 31.3 Å². The van der Waals surface area contributed by atoms with Crippen LogP contribution in [0.15, 0.2) is 54.6 Å². The predicted octanol–water partition coefficient (Wildman–Crippen LogP) is 4.71. The van der Waals surface area contributed by atoms with E-state index in [0.717, 1.165) is 29.7 Å². The van der Waals surface area contributed by atoms with E-state index >= 15 is 0 Å². The molecule has 0 fully saturated rings. The monoisotopic (exact) mass is 485 g/mol. The third-order valence-electron chi connectivity index (χ3n) is 5.87. The fraction of sp³-hybridized carbons (Fsp3) is 0.407. The average Bonchev–Trinajstić information content (AvgIpc) is 3.15. The molecule has 184 valence electrons. The van der Waals surface area contributed by atoms with Crippen molar-refractivity contribution in [1.82, 2.24) is 14.8 Å². The van der Waals surface area contributed by atoms with Gasteiger partial charge in [-0.2, -0.15) is 0 Å². The van der Waals surface area contributed by atoms with E-state index < -0.39 is 11.5 Å². The fourth-order valence-corrected chi connectivity index (χ4v) is 4.04. The molecule has 34 heavy (non-hydrogen) atoms. The minimum atomic E-state index is -0.704. The quantitative estimate of drug-likeness (QED) is 0.430. The van der Waals surface area contributed by atoms with Crippen LogP contribution in [0.3, 0.4) is 0 Å². The number of halogens is 1. The van der Waals surface area contributed by atoms with Crippen LogP contribution in [0.25, 0.3) is 16.6 Å². The summed E-state index contributed by atoms with van der Waals surface area (Å²) in [4.78, 5) is 29.2. The summed E-state index contributed by atoms with van der Waals surface area (Å²) in [7, 11) is 0. The van der Waals surface area contributed by atoms with Crippen molar-refractivity contribution in [2.45, 2.75) is 40.7 Å². The summed E-state index contributed by atoms with van der Waals surface area (Å²) in [6.45, 7) is 11.9. The number of carbonyl (C=O) groups excluding carboxylic acids is 2. The molecular weight excluding hydrogens is 450 g/mol. The Balaban J connectivity index is 0.00000408. The maximum Gasteiger partial charge on any atom is 0.269 e. The number of hydrogen-bond donors (Lipinski definition) is 2. The van der Waals surface area contributed by atoms with Crippen molar-refractivity contribution >= 4 is 35.0 Å². The number of hydrogen-bond acceptors (Lipinski definition) is 4. The highest BCUT2D eigenvalue weighted by molar-refractivity contribution is 6.18. The molecule has 3 rings (SSSR count). The highest BCUT2D eigenvalue weighted by Gasteiger charge is 2.33. The van der Waals surface area contributed by atoms with Crippen molar-refractivity contribution in [1.29, 1.82) is 0 Å². The summed E-state index contributed by atoms with van der Waals surface area (Å²) in [5.74, 6) is -0.469. The number of Topliss-reactive ketones (excluding diaryl/α,β-unsaturated/α-hetero) is 1. The lowest BCUT2D eigenvalue weighted by molar-refractivity contribution is 0.0831. The molecular formula is C27H36ClN3O3. The van der Waals surface area contributed by atoms with Crippen LogP contribution in [0.5, 0.6) is 0 Å². The number of likely N-dealkylation sites (N-methyl/N-ethyl adjacent to an activating group) is 1. The van der Waals surface area contributed by atoms with Gasteiger partial charge in [-0.15, -0.1) is 12.4 Å². The Bertz CT molecular complexity index is 1120. The summed E-state index contributed by atoms with van der Waals surface area (Å²) in [6.07, 6.45) is -0.704. The predicted molar refractivity (Wildman–Crippen MR) is 140 cm³/mol. The molecule has 0 aliphatic heterocycles. The van der Waals surface area contributed by atoms with E-state index in [9.17, 15) is 14.7 Å². The van der Waals surface area contributed by atoms with Gasteiger partial charge in [0.2, 0.25) is 0 Å². The van der Waals surface area contributed by atoms with Crippen molar-refractivity contribution < 1.29 is 14.7 Å². The number of nitrogens with one attached hydrogen (secondary N) is 1. The average molecular weight is 486 g/mol. The van der Waals surface area contributed by atoms with Gasteiger partial charge < -0.3 is 19.9 Å². The van der Waals surface area contributed by atoms with Crippen LogP contribution in [-0.4, -0.2) is 58.5 Å². The molecule has 1 aromatic heterocycles. The van der Waals surface area contributed by atoms with Crippen LogP contribution in [0.4, 0.5) is 0 Å². The van der Waals surface area contributed by atoms with Gasteiger partial charge in [0.05, 0.1) is 17.2 Å². The minimum Gasteiger partial charge on any atom is -0.390 e. The number of para-hydroxylation sites is 2. The van der Waals surface area contributed by atoms with E-state index in [0.29, 0.717) is 17.8 Å². The largest absolute Gasteiger partial charge is 0.390 e. The molecule has 2 N–H and O–H groups in total. The Morgan fingerprint density at radius 2 is 1.59 bits per heavy atom. The number of aliphatic hydroxyl groups excluding tert-OH is 1. The molecule has 0 saturated carbocycles. The SMILES string of the molecule is CCN(CC)CC(O)CNC(=O)c1c(C(=O)C(C)(C)C)c2ccccc2n1-c1ccccc1.Cl. The Kier molecular flexibility index (Phi) is 9.45. The fourth-order valence-electron chi connectivity index (χ4n) is 4.04. The number of carbonyl (C=O) groups is 2. The normalized spacial score (nSPS) is 12.4. The van der Waals surface area contributed by atoms with E-state index in [-0.39, 0.29) is 30.6 Å². The number of aromatic nitrogens is 1. The lowest BCUT2D eigenvalue weighted by Crippen LogP contribution is -2.41. The number of nitrogens with zero attached hydrogens (tertiary/aromatic N) is 2. The zero-order valence-corrected chi connectivity index (χ0v) is 21.5. The van der Waals surface area contributed by atoms with E-state index in [1.54, 1.807) is 0 Å². The third kappa shape index (κ3) is 5.87. The molecule has 0 bridgehead atoms. The Hall–Kier alpha value is -2.67. The zero-order chi connectivity index (χ0) is 24.2. The van der Waals surface area contributed by atoms with Crippen molar-refractivity contribution in [2.75, 3.05) is 26.2 Å². The molecule has 3 aromatic rings. The lowest BCUT2D eigenvalue weighted by Gasteiger charge is -2.22. The molecule has 7 heteroatoms. The highest BCUT2D eigenvalue weighted by atomic mass is 35.5. The number of benzene rings is 2. The van der Waals surface area contributed by atoms with Crippen LogP contribution < -0.4 is 5.32 Å². The van der Waals surface area contributed by atoms with E-state index in [2.05, 4.69) is 10.2 Å². The zero-order valence-electron chi connectivity index (χ0n) is 20.7. The lowest BCUT2D eigenvalue weighted by atomic mass is 9.85. The van der Waals surface area contributed by atoms with Crippen molar-refractivity contribution in [2.24, 2.45) is 5.41 Å². The summed E-state index contributed by atoms with van der Waals surface area (Å²) in [5.41, 5.74) is 1.65. The maximum absolute atomic E-state index is 13.6. The summed E-state index contributed by atoms with van der Waals surface area (Å²) < 4.78 is 1.85. The van der Waals surface area contributed by atoms with Crippen molar-refractivity contribution in [3.63, 3.8) is 0 Å². The number of ketones is 1. The van der Waals surface area contributed by atoms with E-state index in [1.165, 1.54) is 0 Å². The maximum atomic E-state index is 13.6. The van der Waals surface area contributed by atoms with Gasteiger partial charge in [-0.25, -0.2) is 0 Å². The highest BCUT2D eigenvalue weighted by Crippen LogP contribution is 2.34. The molecule has 1 atom stereocenters. The molecule has 0 radical (unpaired) electrons. The Morgan fingerprint density at radius 3 is 2.18 bits per heavy atom.